The molecule has 3 saturated heterocycles. The minimum absolute atomic E-state index is 0.250. The lowest BCUT2D eigenvalue weighted by atomic mass is 9.96. The van der Waals surface area contributed by atoms with Crippen molar-refractivity contribution < 1.29 is 89.4 Å². The number of aliphatic hydroxyl groups excluding tert-OH is 11. The number of nitrogens with one attached hydrogen (secondary N) is 1. The molecule has 17 unspecified atom stereocenters. The van der Waals surface area contributed by atoms with Crippen LogP contribution >= 0.6 is 0 Å². The normalized spacial score (nSPS) is 27.0. The summed E-state index contributed by atoms with van der Waals surface area (Å²) in [6, 6.07) is -0.970. The van der Waals surface area contributed by atoms with Gasteiger partial charge in [-0.05, 0) is 19.3 Å². The lowest BCUT2D eigenvalue weighted by molar-refractivity contribution is -0.379. The molecule has 0 saturated carbocycles. The number of ether oxygens (including phenoxy) is 6. The van der Waals surface area contributed by atoms with Crippen LogP contribution in [0.25, 0.3) is 0 Å². The van der Waals surface area contributed by atoms with Gasteiger partial charge in [0.15, 0.2) is 18.9 Å². The second-order valence-electron chi connectivity index (χ2n) is 28.9. The first kappa shape index (κ1) is 88.7. The summed E-state index contributed by atoms with van der Waals surface area (Å²) in [5.74, 6) is -0.267. The fourth-order valence-corrected chi connectivity index (χ4v) is 13.9. The molecule has 0 aliphatic carbocycles. The third kappa shape index (κ3) is 39.3. The van der Waals surface area contributed by atoms with Crippen LogP contribution in [-0.2, 0) is 33.2 Å². The van der Waals surface area contributed by atoms with E-state index in [9.17, 15) is 61.0 Å². The van der Waals surface area contributed by atoms with E-state index in [-0.39, 0.29) is 18.9 Å². The van der Waals surface area contributed by atoms with Crippen LogP contribution in [0.15, 0.2) is 12.2 Å². The highest BCUT2D eigenvalue weighted by molar-refractivity contribution is 5.76. The van der Waals surface area contributed by atoms with Crippen molar-refractivity contribution in [3.05, 3.63) is 12.2 Å². The van der Waals surface area contributed by atoms with Gasteiger partial charge in [-0.15, -0.1) is 0 Å². The van der Waals surface area contributed by atoms with Gasteiger partial charge in [0.05, 0.1) is 38.6 Å². The summed E-state index contributed by atoms with van der Waals surface area (Å²) in [4.78, 5) is 13.5. The minimum atomic E-state index is -1.98. The van der Waals surface area contributed by atoms with Gasteiger partial charge in [0.25, 0.3) is 0 Å². The lowest BCUT2D eigenvalue weighted by Gasteiger charge is -2.48. The van der Waals surface area contributed by atoms with Crippen molar-refractivity contribution in [1.29, 1.82) is 0 Å². The quantitative estimate of drug-likeness (QED) is 0.0199. The Hall–Kier alpha value is -1.47. The van der Waals surface area contributed by atoms with Crippen molar-refractivity contribution in [2.45, 2.75) is 446 Å². The van der Waals surface area contributed by atoms with Gasteiger partial charge in [-0.1, -0.05) is 328 Å². The van der Waals surface area contributed by atoms with Crippen molar-refractivity contribution in [1.82, 2.24) is 5.32 Å². The molecule has 3 fully saturated rings. The molecular weight excluding hydrogens is 1230 g/mol. The molecule has 96 heavy (non-hydrogen) atoms. The number of rotatable bonds is 64. The highest BCUT2D eigenvalue weighted by Crippen LogP contribution is 2.33. The Morgan fingerprint density at radius 1 is 0.365 bits per heavy atom. The number of unbranched alkanes of at least 4 members (excludes halogenated alkanes) is 48. The molecule has 0 radical (unpaired) electrons. The second-order valence-corrected chi connectivity index (χ2v) is 28.9. The first-order valence-electron chi connectivity index (χ1n) is 39.9. The summed E-state index contributed by atoms with van der Waals surface area (Å²) in [6.07, 6.45) is 42.0. The van der Waals surface area contributed by atoms with Gasteiger partial charge in [-0.25, -0.2) is 0 Å². The van der Waals surface area contributed by atoms with Crippen molar-refractivity contribution in [2.24, 2.45) is 0 Å². The highest BCUT2D eigenvalue weighted by atomic mass is 16.8. The number of hydrogen-bond donors (Lipinski definition) is 12. The molecule has 19 heteroatoms. The molecule has 12 N–H and O–H groups in total. The Balaban J connectivity index is 1.38. The average molecular weight is 1380 g/mol. The van der Waals surface area contributed by atoms with Gasteiger partial charge in [-0.3, -0.25) is 4.79 Å². The maximum atomic E-state index is 13.5. The molecule has 0 aromatic carbocycles. The van der Waals surface area contributed by atoms with E-state index in [1.807, 2.05) is 6.08 Å². The smallest absolute Gasteiger partial charge is 0.220 e. The fraction of sp³-hybridized carbons (Fsp3) is 0.961. The molecule has 0 spiro atoms. The summed E-state index contributed by atoms with van der Waals surface area (Å²) in [6.45, 7) is 1.80. The van der Waals surface area contributed by atoms with Gasteiger partial charge in [0.1, 0.15) is 73.2 Å². The van der Waals surface area contributed by atoms with Crippen LogP contribution in [0, 0.1) is 0 Å². The van der Waals surface area contributed by atoms with E-state index in [0.717, 1.165) is 44.9 Å². The first-order chi connectivity index (χ1) is 46.8. The molecule has 1 amide bonds. The Bertz CT molecular complexity index is 1790. The van der Waals surface area contributed by atoms with Crippen molar-refractivity contribution >= 4 is 5.91 Å². The van der Waals surface area contributed by atoms with Gasteiger partial charge < -0.3 is 89.9 Å². The van der Waals surface area contributed by atoms with Gasteiger partial charge in [0.2, 0.25) is 5.91 Å². The van der Waals surface area contributed by atoms with Crippen LogP contribution in [0.2, 0.25) is 0 Å². The van der Waals surface area contributed by atoms with Gasteiger partial charge >= 0.3 is 0 Å². The summed E-state index contributed by atoms with van der Waals surface area (Å²) >= 11 is 0. The molecule has 0 bridgehead atoms. The maximum absolute atomic E-state index is 13.5. The number of carbonyl (C=O) groups excluding carboxylic acids is 1. The maximum Gasteiger partial charge on any atom is 0.220 e. The largest absolute Gasteiger partial charge is 0.394 e. The Morgan fingerprint density at radius 3 is 0.979 bits per heavy atom. The Labute approximate surface area is 582 Å². The molecule has 3 rings (SSSR count). The zero-order valence-electron chi connectivity index (χ0n) is 60.6. The molecule has 0 aromatic rings. The third-order valence-electron chi connectivity index (χ3n) is 20.3. The highest BCUT2D eigenvalue weighted by Gasteiger charge is 2.54. The molecule has 3 heterocycles. The van der Waals surface area contributed by atoms with Gasteiger partial charge in [0, 0.05) is 6.42 Å². The van der Waals surface area contributed by atoms with Crippen LogP contribution in [0.5, 0.6) is 0 Å². The minimum Gasteiger partial charge on any atom is -0.394 e. The summed E-state index contributed by atoms with van der Waals surface area (Å²) in [5, 5.41) is 121. The number of aliphatic hydroxyl groups is 11. The first-order valence-corrected chi connectivity index (χ1v) is 39.9. The molecule has 3 aliphatic rings. The van der Waals surface area contributed by atoms with Crippen LogP contribution in [0.4, 0.5) is 0 Å². The predicted molar refractivity (Wildman–Crippen MR) is 379 cm³/mol. The summed E-state index contributed by atoms with van der Waals surface area (Å²) in [5.41, 5.74) is 0. The summed E-state index contributed by atoms with van der Waals surface area (Å²) < 4.78 is 34.5. The number of amides is 1. The zero-order valence-corrected chi connectivity index (χ0v) is 60.6. The standard InChI is InChI=1S/C77H147NO18/c1-3-5-7-9-11-13-15-17-19-21-23-25-26-27-28-29-30-31-32-33-35-36-38-40-42-44-46-48-50-52-54-61(82)60(78-65(83)55-53-51-49-47-45-43-41-39-37-34-24-22-20-18-16-14-12-10-8-6-4-2)59-91-75-71(89)68(86)73(63(57-80)93-75)96-77-72(90)69(87)74(64(58-81)94-77)95-76-70(88)67(85)66(84)62(56-79)92-76/h52,54,60-64,66-77,79-82,84-90H,3-51,53,55-59H2,1-2H3,(H,78,83)/b54-52+. The molecular formula is C77H147NO18. The predicted octanol–water partition coefficient (Wildman–Crippen LogP) is 12.8. The number of allylic oxidation sites excluding steroid dienone is 1. The molecule has 0 aromatic heterocycles. The molecule has 568 valence electrons. The van der Waals surface area contributed by atoms with E-state index < -0.39 is 124 Å². The van der Waals surface area contributed by atoms with E-state index in [2.05, 4.69) is 19.2 Å². The van der Waals surface area contributed by atoms with Crippen LogP contribution in [0.1, 0.15) is 341 Å². The van der Waals surface area contributed by atoms with E-state index in [0.29, 0.717) is 6.42 Å². The zero-order chi connectivity index (χ0) is 69.6. The lowest BCUT2D eigenvalue weighted by Crippen LogP contribution is -2.66. The van der Waals surface area contributed by atoms with E-state index in [4.69, 9.17) is 28.4 Å². The van der Waals surface area contributed by atoms with E-state index in [1.54, 1.807) is 6.08 Å². The SMILES string of the molecule is CCCCCCCCCCCCCCCCCCCCCCCCCCCCCC/C=C/C(O)C(COC1OC(CO)C(OC2OC(CO)C(OC3OC(CO)C(O)C(O)C3O)C(O)C2O)C(O)C1O)NC(=O)CCCCCCCCCCCCCCCCCCCCCCC. The fourth-order valence-electron chi connectivity index (χ4n) is 13.9. The van der Waals surface area contributed by atoms with Crippen LogP contribution < -0.4 is 5.32 Å². The molecule has 19 nitrogen and oxygen atoms in total. The average Bonchev–Trinajstić information content (AvgIpc) is 0.786. The number of hydrogen-bond acceptors (Lipinski definition) is 18. The second kappa shape index (κ2) is 59.0. The van der Waals surface area contributed by atoms with Crippen molar-refractivity contribution in [2.75, 3.05) is 26.4 Å². The monoisotopic (exact) mass is 1370 g/mol. The van der Waals surface area contributed by atoms with Crippen LogP contribution in [-0.4, -0.2) is 193 Å². The topological polar surface area (TPSA) is 307 Å². The van der Waals surface area contributed by atoms with Crippen LogP contribution in [0.3, 0.4) is 0 Å². The Kier molecular flexibility index (Phi) is 54.5. The van der Waals surface area contributed by atoms with Gasteiger partial charge in [-0.2, -0.15) is 0 Å². The van der Waals surface area contributed by atoms with E-state index >= 15 is 0 Å². The molecule has 17 atom stereocenters. The molecule has 3 aliphatic heterocycles. The van der Waals surface area contributed by atoms with Crippen molar-refractivity contribution in [3.63, 3.8) is 0 Å². The van der Waals surface area contributed by atoms with Crippen molar-refractivity contribution in [3.8, 4) is 0 Å². The summed E-state index contributed by atoms with van der Waals surface area (Å²) in [7, 11) is 0. The number of carbonyl (C=O) groups is 1. The third-order valence-corrected chi connectivity index (χ3v) is 20.3. The Morgan fingerprint density at radius 2 is 0.646 bits per heavy atom. The van der Waals surface area contributed by atoms with E-state index in [1.165, 1.54) is 270 Å².